The number of allylic oxidation sites excluding steroid dienone is 1. The molecule has 1 atom stereocenters. The molecule has 0 spiro atoms. The summed E-state index contributed by atoms with van der Waals surface area (Å²) in [6.45, 7) is 3.98. The van der Waals surface area contributed by atoms with Crippen molar-refractivity contribution in [3.05, 3.63) is 53.9 Å². The van der Waals surface area contributed by atoms with Gasteiger partial charge in [0, 0.05) is 11.6 Å². The predicted octanol–water partition coefficient (Wildman–Crippen LogP) is 3.97. The van der Waals surface area contributed by atoms with Gasteiger partial charge in [0.25, 0.3) is 0 Å². The van der Waals surface area contributed by atoms with E-state index in [1.807, 2.05) is 12.3 Å². The summed E-state index contributed by atoms with van der Waals surface area (Å²) in [5.41, 5.74) is 2.29. The summed E-state index contributed by atoms with van der Waals surface area (Å²) in [6.07, 6.45) is 7.43. The molecule has 3 nitrogen and oxygen atoms in total. The van der Waals surface area contributed by atoms with Gasteiger partial charge in [0.05, 0.1) is 18.2 Å². The van der Waals surface area contributed by atoms with Crippen LogP contribution in [-0.4, -0.2) is 18.1 Å². The molecule has 2 aromatic rings. The highest BCUT2D eigenvalue weighted by atomic mass is 16.5. The topological polar surface area (TPSA) is 34.1 Å². The Morgan fingerprint density at radius 2 is 2.19 bits per heavy atom. The minimum absolute atomic E-state index is 0.123. The van der Waals surface area contributed by atoms with Gasteiger partial charge in [-0.3, -0.25) is 4.98 Å². The molecule has 3 rings (SSSR count). The summed E-state index contributed by atoms with van der Waals surface area (Å²) in [5, 5.41) is 4.82. The second-order valence-electron chi connectivity index (χ2n) is 5.40. The summed E-state index contributed by atoms with van der Waals surface area (Å²) in [7, 11) is 0. The standard InChI is InChI=1S/C18H22N2O/c1-2-11-20-18(17-9-5-6-13-21-17)15-10-12-19-16-8-4-3-7-14(15)16/h3-4,7-10,12,18,20H,2,5-6,11,13H2,1H3. The number of hydrogen-bond acceptors (Lipinski definition) is 3. The van der Waals surface area contributed by atoms with Gasteiger partial charge in [-0.1, -0.05) is 25.1 Å². The van der Waals surface area contributed by atoms with Crippen molar-refractivity contribution in [2.24, 2.45) is 0 Å². The number of aromatic nitrogens is 1. The molecule has 0 saturated heterocycles. The molecule has 1 N–H and O–H groups in total. The van der Waals surface area contributed by atoms with Gasteiger partial charge in [0.1, 0.15) is 5.76 Å². The molecular formula is C18H22N2O. The lowest BCUT2D eigenvalue weighted by atomic mass is 9.99. The second-order valence-corrected chi connectivity index (χ2v) is 5.40. The average molecular weight is 282 g/mol. The van der Waals surface area contributed by atoms with E-state index in [0.29, 0.717) is 0 Å². The van der Waals surface area contributed by atoms with E-state index in [2.05, 4.69) is 47.6 Å². The van der Waals surface area contributed by atoms with Gasteiger partial charge in [0.15, 0.2) is 0 Å². The van der Waals surface area contributed by atoms with Crippen LogP contribution in [0.2, 0.25) is 0 Å². The monoisotopic (exact) mass is 282 g/mol. The fourth-order valence-corrected chi connectivity index (χ4v) is 2.80. The normalized spacial score (nSPS) is 16.3. The van der Waals surface area contributed by atoms with Crippen molar-refractivity contribution in [2.75, 3.05) is 13.2 Å². The van der Waals surface area contributed by atoms with Crippen LogP contribution in [0, 0.1) is 0 Å². The molecular weight excluding hydrogens is 260 g/mol. The van der Waals surface area contributed by atoms with Crippen molar-refractivity contribution in [3.63, 3.8) is 0 Å². The van der Waals surface area contributed by atoms with E-state index >= 15 is 0 Å². The quantitative estimate of drug-likeness (QED) is 0.901. The Balaban J connectivity index is 2.03. The number of fused-ring (bicyclic) bond motifs is 1. The Morgan fingerprint density at radius 1 is 1.29 bits per heavy atom. The highest BCUT2D eigenvalue weighted by Gasteiger charge is 2.21. The van der Waals surface area contributed by atoms with Gasteiger partial charge >= 0.3 is 0 Å². The second kappa shape index (κ2) is 6.72. The van der Waals surface area contributed by atoms with Gasteiger partial charge in [-0.25, -0.2) is 0 Å². The van der Waals surface area contributed by atoms with E-state index in [0.717, 1.165) is 43.7 Å². The molecule has 1 aromatic heterocycles. The lowest BCUT2D eigenvalue weighted by Gasteiger charge is -2.26. The number of rotatable bonds is 5. The Hall–Kier alpha value is -1.87. The molecule has 0 amide bonds. The van der Waals surface area contributed by atoms with Crippen LogP contribution >= 0.6 is 0 Å². The summed E-state index contributed by atoms with van der Waals surface area (Å²) >= 11 is 0. The number of benzene rings is 1. The fourth-order valence-electron chi connectivity index (χ4n) is 2.80. The summed E-state index contributed by atoms with van der Waals surface area (Å²) in [6, 6.07) is 10.5. The molecule has 1 aliphatic heterocycles. The van der Waals surface area contributed by atoms with Gasteiger partial charge in [-0.2, -0.15) is 0 Å². The van der Waals surface area contributed by atoms with Crippen LogP contribution in [-0.2, 0) is 4.74 Å². The minimum atomic E-state index is 0.123. The third-order valence-corrected chi connectivity index (χ3v) is 3.84. The number of para-hydroxylation sites is 1. The van der Waals surface area contributed by atoms with Gasteiger partial charge in [0.2, 0.25) is 0 Å². The van der Waals surface area contributed by atoms with Gasteiger partial charge in [-0.15, -0.1) is 0 Å². The van der Waals surface area contributed by atoms with Crippen LogP contribution in [0.15, 0.2) is 48.4 Å². The van der Waals surface area contributed by atoms with Crippen LogP contribution in [0.4, 0.5) is 0 Å². The molecule has 1 aromatic carbocycles. The predicted molar refractivity (Wildman–Crippen MR) is 86.0 cm³/mol. The van der Waals surface area contributed by atoms with Gasteiger partial charge in [-0.05, 0) is 49.6 Å². The van der Waals surface area contributed by atoms with Crippen molar-refractivity contribution in [3.8, 4) is 0 Å². The maximum Gasteiger partial charge on any atom is 0.113 e. The SMILES string of the molecule is CCCNC(C1=CCCCO1)c1ccnc2ccccc12. The van der Waals surface area contributed by atoms with E-state index in [1.54, 1.807) is 0 Å². The summed E-state index contributed by atoms with van der Waals surface area (Å²) in [5.74, 6) is 1.06. The highest BCUT2D eigenvalue weighted by molar-refractivity contribution is 5.82. The van der Waals surface area contributed by atoms with Crippen molar-refractivity contribution < 1.29 is 4.74 Å². The molecule has 0 bridgehead atoms. The number of pyridine rings is 1. The number of hydrogen-bond donors (Lipinski definition) is 1. The van der Waals surface area contributed by atoms with Crippen molar-refractivity contribution in [2.45, 2.75) is 32.2 Å². The van der Waals surface area contributed by atoms with E-state index < -0.39 is 0 Å². The number of ether oxygens (including phenoxy) is 1. The zero-order valence-corrected chi connectivity index (χ0v) is 12.5. The average Bonchev–Trinajstić information content (AvgIpc) is 2.56. The minimum Gasteiger partial charge on any atom is -0.496 e. The van der Waals surface area contributed by atoms with E-state index in [4.69, 9.17) is 4.74 Å². The van der Waals surface area contributed by atoms with Crippen LogP contribution in [0.25, 0.3) is 10.9 Å². The lowest BCUT2D eigenvalue weighted by Crippen LogP contribution is -2.26. The number of nitrogens with one attached hydrogen (secondary N) is 1. The Morgan fingerprint density at radius 3 is 3.00 bits per heavy atom. The van der Waals surface area contributed by atoms with Crippen molar-refractivity contribution >= 4 is 10.9 Å². The third-order valence-electron chi connectivity index (χ3n) is 3.84. The van der Waals surface area contributed by atoms with Crippen LogP contribution in [0.3, 0.4) is 0 Å². The van der Waals surface area contributed by atoms with Crippen molar-refractivity contribution in [1.29, 1.82) is 0 Å². The smallest absolute Gasteiger partial charge is 0.113 e. The largest absolute Gasteiger partial charge is 0.496 e. The molecule has 0 aliphatic carbocycles. The lowest BCUT2D eigenvalue weighted by molar-refractivity contribution is 0.168. The maximum atomic E-state index is 5.92. The Bertz CT molecular complexity index is 631. The zero-order chi connectivity index (χ0) is 14.5. The maximum absolute atomic E-state index is 5.92. The number of nitrogens with zero attached hydrogens (tertiary/aromatic N) is 1. The summed E-state index contributed by atoms with van der Waals surface area (Å²) < 4.78 is 5.92. The Kier molecular flexibility index (Phi) is 4.51. The third kappa shape index (κ3) is 3.08. The molecule has 110 valence electrons. The van der Waals surface area contributed by atoms with Crippen LogP contribution in [0.5, 0.6) is 0 Å². The zero-order valence-electron chi connectivity index (χ0n) is 12.5. The van der Waals surface area contributed by atoms with E-state index in [1.165, 1.54) is 10.9 Å². The molecule has 0 saturated carbocycles. The van der Waals surface area contributed by atoms with E-state index in [9.17, 15) is 0 Å². The Labute approximate surface area is 126 Å². The molecule has 2 heterocycles. The van der Waals surface area contributed by atoms with Crippen LogP contribution in [0.1, 0.15) is 37.8 Å². The first-order chi connectivity index (χ1) is 10.4. The molecule has 0 radical (unpaired) electrons. The first kappa shape index (κ1) is 14.1. The summed E-state index contributed by atoms with van der Waals surface area (Å²) in [4.78, 5) is 4.46. The molecule has 3 heteroatoms. The molecule has 21 heavy (non-hydrogen) atoms. The fraction of sp³-hybridized carbons (Fsp3) is 0.389. The van der Waals surface area contributed by atoms with E-state index in [-0.39, 0.29) is 6.04 Å². The molecule has 0 fully saturated rings. The highest BCUT2D eigenvalue weighted by Crippen LogP contribution is 2.30. The van der Waals surface area contributed by atoms with Crippen LogP contribution < -0.4 is 5.32 Å². The molecule has 1 unspecified atom stereocenters. The van der Waals surface area contributed by atoms with Gasteiger partial charge < -0.3 is 10.1 Å². The van der Waals surface area contributed by atoms with Crippen molar-refractivity contribution in [1.82, 2.24) is 10.3 Å². The first-order valence-electron chi connectivity index (χ1n) is 7.80. The first-order valence-corrected chi connectivity index (χ1v) is 7.80. The molecule has 1 aliphatic rings.